The van der Waals surface area contributed by atoms with Crippen LogP contribution in [-0.2, 0) is 0 Å². The number of nitrogens with zero attached hydrogens (tertiary/aromatic N) is 2. The summed E-state index contributed by atoms with van der Waals surface area (Å²) in [6, 6.07) is 1.78. The van der Waals surface area contributed by atoms with Crippen LogP contribution in [0.5, 0.6) is 0 Å². The highest BCUT2D eigenvalue weighted by molar-refractivity contribution is 7.80. The molecule has 0 fully saturated rings. The van der Waals surface area contributed by atoms with Crippen LogP contribution in [0.4, 0.5) is 5.82 Å². The zero-order valence-corrected chi connectivity index (χ0v) is 10.8. The number of nitrogens with two attached hydrogens (primary N) is 1. The highest BCUT2D eigenvalue weighted by Gasteiger charge is 2.21. The van der Waals surface area contributed by atoms with E-state index in [4.69, 9.17) is 18.0 Å². The molecule has 0 saturated carbocycles. The van der Waals surface area contributed by atoms with Gasteiger partial charge >= 0.3 is 0 Å². The monoisotopic (exact) mass is 238 g/mol. The number of aromatic nitrogens is 2. The van der Waals surface area contributed by atoms with Crippen molar-refractivity contribution in [3.8, 4) is 0 Å². The van der Waals surface area contributed by atoms with Gasteiger partial charge in [-0.05, 0) is 25.8 Å². The molecular weight excluding hydrogens is 220 g/mol. The number of hydrogen-bond donors (Lipinski definition) is 2. The summed E-state index contributed by atoms with van der Waals surface area (Å²) in [4.78, 5) is 0.340. The average Bonchev–Trinajstić information content (AvgIpc) is 2.29. The molecule has 5 heteroatoms. The zero-order valence-electron chi connectivity index (χ0n) is 9.95. The maximum absolute atomic E-state index is 5.64. The van der Waals surface area contributed by atoms with Gasteiger partial charge in [0.15, 0.2) is 5.82 Å². The highest BCUT2D eigenvalue weighted by atomic mass is 32.1. The molecule has 1 aromatic rings. The molecule has 0 aromatic carbocycles. The van der Waals surface area contributed by atoms with Crippen LogP contribution in [0.3, 0.4) is 0 Å². The second-order valence-electron chi connectivity index (χ2n) is 4.05. The van der Waals surface area contributed by atoms with Crippen molar-refractivity contribution in [2.45, 2.75) is 39.2 Å². The molecular formula is C11H18N4S. The average molecular weight is 238 g/mol. The van der Waals surface area contributed by atoms with Crippen LogP contribution < -0.4 is 11.1 Å². The van der Waals surface area contributed by atoms with Gasteiger partial charge in [0.1, 0.15) is 4.99 Å². The molecule has 1 rings (SSSR count). The summed E-state index contributed by atoms with van der Waals surface area (Å²) in [5.74, 6) is 0.668. The molecule has 0 saturated heterocycles. The topological polar surface area (TPSA) is 63.8 Å². The van der Waals surface area contributed by atoms with Crippen molar-refractivity contribution in [3.05, 3.63) is 17.8 Å². The Morgan fingerprint density at radius 3 is 2.62 bits per heavy atom. The Bertz CT molecular complexity index is 374. The first-order valence-corrected chi connectivity index (χ1v) is 5.83. The van der Waals surface area contributed by atoms with E-state index in [-0.39, 0.29) is 5.54 Å². The van der Waals surface area contributed by atoms with E-state index in [2.05, 4.69) is 36.3 Å². The van der Waals surface area contributed by atoms with Gasteiger partial charge in [0.2, 0.25) is 0 Å². The third-order valence-corrected chi connectivity index (χ3v) is 3.19. The highest BCUT2D eigenvalue weighted by Crippen LogP contribution is 2.22. The van der Waals surface area contributed by atoms with Gasteiger partial charge in [0.25, 0.3) is 0 Å². The summed E-state index contributed by atoms with van der Waals surface area (Å²) < 4.78 is 0. The maximum atomic E-state index is 5.64. The Balaban J connectivity index is 3.01. The Labute approximate surface area is 102 Å². The number of anilines is 1. The molecule has 0 aliphatic heterocycles. The van der Waals surface area contributed by atoms with Gasteiger partial charge < -0.3 is 11.1 Å². The Morgan fingerprint density at radius 1 is 1.50 bits per heavy atom. The predicted octanol–water partition coefficient (Wildman–Crippen LogP) is 2.10. The minimum Gasteiger partial charge on any atom is -0.389 e. The normalized spacial score (nSPS) is 11.2. The number of thiocarbonyl (C=S) groups is 1. The van der Waals surface area contributed by atoms with Crippen LogP contribution in [0.1, 0.15) is 39.2 Å². The van der Waals surface area contributed by atoms with Crippen LogP contribution in [-0.4, -0.2) is 20.7 Å². The fraction of sp³-hybridized carbons (Fsp3) is 0.545. The van der Waals surface area contributed by atoms with Gasteiger partial charge in [-0.15, -0.1) is 5.10 Å². The fourth-order valence-corrected chi connectivity index (χ4v) is 1.50. The van der Waals surface area contributed by atoms with Crippen molar-refractivity contribution in [2.24, 2.45) is 5.73 Å². The minimum absolute atomic E-state index is 0.00440. The van der Waals surface area contributed by atoms with E-state index in [1.165, 1.54) is 0 Å². The van der Waals surface area contributed by atoms with E-state index < -0.39 is 0 Å². The first-order chi connectivity index (χ1) is 7.52. The molecule has 88 valence electrons. The molecule has 0 spiro atoms. The molecule has 0 radical (unpaired) electrons. The number of rotatable bonds is 5. The van der Waals surface area contributed by atoms with Crippen LogP contribution >= 0.6 is 12.2 Å². The van der Waals surface area contributed by atoms with Gasteiger partial charge in [0.05, 0.1) is 11.8 Å². The van der Waals surface area contributed by atoms with Crippen molar-refractivity contribution in [3.63, 3.8) is 0 Å². The third kappa shape index (κ3) is 2.88. The van der Waals surface area contributed by atoms with Gasteiger partial charge in [-0.2, -0.15) is 5.10 Å². The number of hydrogen-bond acceptors (Lipinski definition) is 4. The quantitative estimate of drug-likeness (QED) is 0.769. The van der Waals surface area contributed by atoms with Crippen molar-refractivity contribution in [1.29, 1.82) is 0 Å². The Kier molecular flexibility index (Phi) is 4.18. The first kappa shape index (κ1) is 12.8. The molecule has 4 nitrogen and oxygen atoms in total. The Morgan fingerprint density at radius 2 is 2.12 bits per heavy atom. The summed E-state index contributed by atoms with van der Waals surface area (Å²) >= 11 is 4.98. The second-order valence-corrected chi connectivity index (χ2v) is 4.49. The zero-order chi connectivity index (χ0) is 12.2. The van der Waals surface area contributed by atoms with E-state index in [0.717, 1.165) is 18.4 Å². The lowest BCUT2D eigenvalue weighted by Gasteiger charge is -2.29. The van der Waals surface area contributed by atoms with Crippen LogP contribution in [0.25, 0.3) is 0 Å². The van der Waals surface area contributed by atoms with Crippen LogP contribution in [0.15, 0.2) is 12.3 Å². The van der Waals surface area contributed by atoms with Crippen LogP contribution in [0, 0.1) is 0 Å². The molecule has 0 amide bonds. The summed E-state index contributed by atoms with van der Waals surface area (Å²) in [5.41, 5.74) is 6.38. The second kappa shape index (κ2) is 5.21. The fourth-order valence-electron chi connectivity index (χ4n) is 1.34. The van der Waals surface area contributed by atoms with Crippen molar-refractivity contribution >= 4 is 23.0 Å². The van der Waals surface area contributed by atoms with Crippen molar-refractivity contribution in [1.82, 2.24) is 10.2 Å². The minimum atomic E-state index is -0.00440. The molecule has 16 heavy (non-hydrogen) atoms. The lowest BCUT2D eigenvalue weighted by atomic mass is 9.95. The summed E-state index contributed by atoms with van der Waals surface area (Å²) in [6.07, 6.45) is 3.59. The van der Waals surface area contributed by atoms with E-state index >= 15 is 0 Å². The molecule has 0 bridgehead atoms. The molecule has 1 heterocycles. The van der Waals surface area contributed by atoms with Gasteiger partial charge in [-0.3, -0.25) is 0 Å². The van der Waals surface area contributed by atoms with Crippen LogP contribution in [0.2, 0.25) is 0 Å². The molecule has 0 aliphatic carbocycles. The van der Waals surface area contributed by atoms with Gasteiger partial charge in [0, 0.05) is 5.54 Å². The summed E-state index contributed by atoms with van der Waals surface area (Å²) in [6.45, 7) is 6.41. The summed E-state index contributed by atoms with van der Waals surface area (Å²) in [7, 11) is 0. The predicted molar refractivity (Wildman–Crippen MR) is 70.5 cm³/mol. The van der Waals surface area contributed by atoms with E-state index in [0.29, 0.717) is 10.8 Å². The maximum Gasteiger partial charge on any atom is 0.159 e. The van der Waals surface area contributed by atoms with E-state index in [1.54, 1.807) is 12.3 Å². The largest absolute Gasteiger partial charge is 0.389 e. The first-order valence-electron chi connectivity index (χ1n) is 5.42. The molecule has 0 unspecified atom stereocenters. The summed E-state index contributed by atoms with van der Waals surface area (Å²) in [5, 5.41) is 11.3. The molecule has 0 aliphatic rings. The van der Waals surface area contributed by atoms with Gasteiger partial charge in [-0.25, -0.2) is 0 Å². The van der Waals surface area contributed by atoms with E-state index in [9.17, 15) is 0 Å². The SMILES string of the molecule is CCC(C)(CC)Nc1nnccc1C(N)=S. The van der Waals surface area contributed by atoms with Crippen molar-refractivity contribution < 1.29 is 0 Å². The lowest BCUT2D eigenvalue weighted by Crippen LogP contribution is -2.34. The van der Waals surface area contributed by atoms with Gasteiger partial charge in [-0.1, -0.05) is 26.1 Å². The molecule has 0 atom stereocenters. The van der Waals surface area contributed by atoms with Crippen molar-refractivity contribution in [2.75, 3.05) is 5.32 Å². The lowest BCUT2D eigenvalue weighted by molar-refractivity contribution is 0.476. The Hall–Kier alpha value is -1.23. The third-order valence-electron chi connectivity index (χ3n) is 2.97. The molecule has 1 aromatic heterocycles. The standard InChI is InChI=1S/C11H18N4S/c1-4-11(3,5-2)14-10-8(9(12)16)6-7-13-15-10/h6-7H,4-5H2,1-3H3,(H2,12,16)(H,14,15). The smallest absolute Gasteiger partial charge is 0.159 e. The molecule has 3 N–H and O–H groups in total. The number of nitrogens with one attached hydrogen (secondary N) is 1. The van der Waals surface area contributed by atoms with E-state index in [1.807, 2.05) is 0 Å².